The first-order valence-electron chi connectivity index (χ1n) is 10.8. The summed E-state index contributed by atoms with van der Waals surface area (Å²) in [6, 6.07) is 15.5. The minimum absolute atomic E-state index is 0.117. The van der Waals surface area contributed by atoms with Gasteiger partial charge in [0, 0.05) is 39.8 Å². The molecular weight excluding hydrogens is 393 g/mol. The Hall–Kier alpha value is -2.48. The highest BCUT2D eigenvalue weighted by Gasteiger charge is 2.23. The predicted octanol–water partition coefficient (Wildman–Crippen LogP) is 2.63. The zero-order chi connectivity index (χ0) is 22.1. The van der Waals surface area contributed by atoms with Crippen molar-refractivity contribution in [1.29, 1.82) is 0 Å². The standard InChI is InChI=1S/C24H34FN5O/c1-26-24(27-16-19-5-4-6-20(15-19)18-29(2)3)28-17-23(30-11-13-31-14-12-30)21-7-9-22(25)10-8-21/h4-10,15,23H,11-14,16-18H2,1-3H3,(H2,26,27,28). The number of morpholine rings is 1. The van der Waals surface area contributed by atoms with Crippen molar-refractivity contribution < 1.29 is 9.13 Å². The van der Waals surface area contributed by atoms with Crippen molar-refractivity contribution in [2.75, 3.05) is 54.0 Å². The zero-order valence-corrected chi connectivity index (χ0v) is 18.8. The molecule has 0 spiro atoms. The monoisotopic (exact) mass is 427 g/mol. The largest absolute Gasteiger partial charge is 0.379 e. The van der Waals surface area contributed by atoms with E-state index in [1.54, 1.807) is 7.05 Å². The van der Waals surface area contributed by atoms with E-state index >= 15 is 0 Å². The van der Waals surface area contributed by atoms with E-state index in [0.717, 1.165) is 31.2 Å². The third-order valence-electron chi connectivity index (χ3n) is 5.38. The summed E-state index contributed by atoms with van der Waals surface area (Å²) >= 11 is 0. The molecular formula is C24H34FN5O. The molecule has 2 N–H and O–H groups in total. The van der Waals surface area contributed by atoms with Gasteiger partial charge in [0.25, 0.3) is 0 Å². The third-order valence-corrected chi connectivity index (χ3v) is 5.38. The molecule has 0 aromatic heterocycles. The fourth-order valence-electron chi connectivity index (χ4n) is 3.83. The van der Waals surface area contributed by atoms with Gasteiger partial charge in [0.2, 0.25) is 0 Å². The molecule has 0 saturated carbocycles. The van der Waals surface area contributed by atoms with Crippen LogP contribution >= 0.6 is 0 Å². The number of halogens is 1. The van der Waals surface area contributed by atoms with Crippen LogP contribution in [0.5, 0.6) is 0 Å². The van der Waals surface area contributed by atoms with E-state index in [0.29, 0.717) is 26.3 Å². The maximum absolute atomic E-state index is 13.4. The lowest BCUT2D eigenvalue weighted by Gasteiger charge is -2.35. The molecule has 6 nitrogen and oxygen atoms in total. The fourth-order valence-corrected chi connectivity index (χ4v) is 3.83. The van der Waals surface area contributed by atoms with Crippen LogP contribution in [0.25, 0.3) is 0 Å². The summed E-state index contributed by atoms with van der Waals surface area (Å²) < 4.78 is 19.0. The van der Waals surface area contributed by atoms with Crippen LogP contribution in [-0.4, -0.2) is 69.8 Å². The molecule has 7 heteroatoms. The Morgan fingerprint density at radius 3 is 2.48 bits per heavy atom. The Labute approximate surface area is 185 Å². The second-order valence-electron chi connectivity index (χ2n) is 8.08. The van der Waals surface area contributed by atoms with E-state index in [1.807, 2.05) is 12.1 Å². The van der Waals surface area contributed by atoms with Crippen LogP contribution in [-0.2, 0) is 17.8 Å². The van der Waals surface area contributed by atoms with Gasteiger partial charge in [-0.1, -0.05) is 36.4 Å². The molecule has 31 heavy (non-hydrogen) atoms. The van der Waals surface area contributed by atoms with Crippen molar-refractivity contribution >= 4 is 5.96 Å². The molecule has 168 valence electrons. The maximum Gasteiger partial charge on any atom is 0.191 e. The summed E-state index contributed by atoms with van der Waals surface area (Å²) in [4.78, 5) is 8.92. The molecule has 1 aliphatic heterocycles. The van der Waals surface area contributed by atoms with Gasteiger partial charge < -0.3 is 20.3 Å². The number of benzene rings is 2. The van der Waals surface area contributed by atoms with Crippen LogP contribution in [0.4, 0.5) is 4.39 Å². The molecule has 0 aliphatic carbocycles. The minimum Gasteiger partial charge on any atom is -0.379 e. The zero-order valence-electron chi connectivity index (χ0n) is 18.8. The summed E-state index contributed by atoms with van der Waals surface area (Å²) in [6.07, 6.45) is 0. The number of ether oxygens (including phenoxy) is 1. The molecule has 0 radical (unpaired) electrons. The van der Waals surface area contributed by atoms with Crippen molar-refractivity contribution in [1.82, 2.24) is 20.4 Å². The number of nitrogens with zero attached hydrogens (tertiary/aromatic N) is 3. The number of rotatable bonds is 8. The van der Waals surface area contributed by atoms with Gasteiger partial charge in [-0.15, -0.1) is 0 Å². The second kappa shape index (κ2) is 11.8. The summed E-state index contributed by atoms with van der Waals surface area (Å²) in [5.41, 5.74) is 3.59. The maximum atomic E-state index is 13.4. The topological polar surface area (TPSA) is 52.1 Å². The van der Waals surface area contributed by atoms with E-state index in [1.165, 1.54) is 23.3 Å². The van der Waals surface area contributed by atoms with Gasteiger partial charge in [-0.25, -0.2) is 4.39 Å². The van der Waals surface area contributed by atoms with E-state index in [4.69, 9.17) is 4.74 Å². The number of hydrogen-bond acceptors (Lipinski definition) is 4. The molecule has 1 heterocycles. The van der Waals surface area contributed by atoms with Gasteiger partial charge >= 0.3 is 0 Å². The first kappa shape index (κ1) is 23.2. The van der Waals surface area contributed by atoms with Gasteiger partial charge in [0.05, 0.1) is 19.3 Å². The minimum atomic E-state index is -0.216. The van der Waals surface area contributed by atoms with Gasteiger partial charge in [-0.05, 0) is 42.9 Å². The normalized spacial score (nSPS) is 16.4. The summed E-state index contributed by atoms with van der Waals surface area (Å²) in [7, 11) is 5.92. The van der Waals surface area contributed by atoms with Crippen LogP contribution in [0.15, 0.2) is 53.5 Å². The molecule has 3 rings (SSSR count). The summed E-state index contributed by atoms with van der Waals surface area (Å²) in [5.74, 6) is 0.532. The summed E-state index contributed by atoms with van der Waals surface area (Å²) in [6.45, 7) is 5.43. The quantitative estimate of drug-likeness (QED) is 0.501. The lowest BCUT2D eigenvalue weighted by Crippen LogP contribution is -2.46. The van der Waals surface area contributed by atoms with Crippen molar-refractivity contribution in [3.05, 3.63) is 71.0 Å². The Morgan fingerprint density at radius 1 is 1.10 bits per heavy atom. The smallest absolute Gasteiger partial charge is 0.191 e. The molecule has 1 fully saturated rings. The van der Waals surface area contributed by atoms with Crippen molar-refractivity contribution in [2.24, 2.45) is 4.99 Å². The van der Waals surface area contributed by atoms with E-state index in [2.05, 4.69) is 63.8 Å². The third kappa shape index (κ3) is 7.31. The number of nitrogens with one attached hydrogen (secondary N) is 2. The van der Waals surface area contributed by atoms with Gasteiger partial charge in [-0.2, -0.15) is 0 Å². The Kier molecular flexibility index (Phi) is 8.82. The lowest BCUT2D eigenvalue weighted by molar-refractivity contribution is 0.0170. The van der Waals surface area contributed by atoms with Crippen LogP contribution in [0, 0.1) is 5.82 Å². The number of hydrogen-bond donors (Lipinski definition) is 2. The van der Waals surface area contributed by atoms with Gasteiger partial charge in [0.1, 0.15) is 5.82 Å². The van der Waals surface area contributed by atoms with Crippen molar-refractivity contribution in [3.8, 4) is 0 Å². The van der Waals surface area contributed by atoms with E-state index in [9.17, 15) is 4.39 Å². The Balaban J connectivity index is 1.60. The number of aliphatic imine (C=N–C) groups is 1. The van der Waals surface area contributed by atoms with Crippen LogP contribution in [0.1, 0.15) is 22.7 Å². The molecule has 2 aromatic carbocycles. The van der Waals surface area contributed by atoms with Crippen molar-refractivity contribution in [3.63, 3.8) is 0 Å². The summed E-state index contributed by atoms with van der Waals surface area (Å²) in [5, 5.41) is 6.86. The Morgan fingerprint density at radius 2 is 1.81 bits per heavy atom. The molecule has 2 aromatic rings. The SMILES string of the molecule is CN=C(NCc1cccc(CN(C)C)c1)NCC(c1ccc(F)cc1)N1CCOCC1. The van der Waals surface area contributed by atoms with Gasteiger partial charge in [-0.3, -0.25) is 9.89 Å². The Bertz CT molecular complexity index is 834. The lowest BCUT2D eigenvalue weighted by atomic mass is 10.0. The molecule has 0 bridgehead atoms. The van der Waals surface area contributed by atoms with E-state index < -0.39 is 0 Å². The average molecular weight is 428 g/mol. The van der Waals surface area contributed by atoms with Crippen molar-refractivity contribution in [2.45, 2.75) is 19.1 Å². The predicted molar refractivity (Wildman–Crippen MR) is 124 cm³/mol. The highest BCUT2D eigenvalue weighted by molar-refractivity contribution is 5.79. The highest BCUT2D eigenvalue weighted by atomic mass is 19.1. The number of guanidine groups is 1. The highest BCUT2D eigenvalue weighted by Crippen LogP contribution is 2.21. The molecule has 1 unspecified atom stereocenters. The fraction of sp³-hybridized carbons (Fsp3) is 0.458. The van der Waals surface area contributed by atoms with Gasteiger partial charge in [0.15, 0.2) is 5.96 Å². The first-order chi connectivity index (χ1) is 15.0. The molecule has 1 saturated heterocycles. The molecule has 1 aliphatic rings. The second-order valence-corrected chi connectivity index (χ2v) is 8.08. The molecule has 0 amide bonds. The van der Waals surface area contributed by atoms with Crippen LogP contribution in [0.3, 0.4) is 0 Å². The average Bonchev–Trinajstić information content (AvgIpc) is 2.77. The van der Waals surface area contributed by atoms with Crippen LogP contribution < -0.4 is 10.6 Å². The van der Waals surface area contributed by atoms with E-state index in [-0.39, 0.29) is 11.9 Å². The first-order valence-corrected chi connectivity index (χ1v) is 10.8. The van der Waals surface area contributed by atoms with Crippen LogP contribution in [0.2, 0.25) is 0 Å². The molecule has 1 atom stereocenters.